The van der Waals surface area contributed by atoms with Crippen molar-refractivity contribution in [2.24, 2.45) is 5.92 Å². The van der Waals surface area contributed by atoms with Crippen molar-refractivity contribution in [1.29, 1.82) is 0 Å². The molecule has 1 amide bonds. The number of para-hydroxylation sites is 2. The highest BCUT2D eigenvalue weighted by Gasteiger charge is 2.27. The molecule has 1 aromatic heterocycles. The average molecular weight is 441 g/mol. The minimum Gasteiger partial charge on any atom is -0.495 e. The number of amides is 1. The van der Waals surface area contributed by atoms with E-state index in [0.29, 0.717) is 31.5 Å². The predicted molar refractivity (Wildman–Crippen MR) is 125 cm³/mol. The second-order valence-electron chi connectivity index (χ2n) is 8.70. The molecule has 172 valence electrons. The molecule has 4 rings (SSSR count). The van der Waals surface area contributed by atoms with Crippen LogP contribution in [0, 0.1) is 5.92 Å². The first-order chi connectivity index (χ1) is 15.6. The topological polar surface area (TPSA) is 57.7 Å². The minimum atomic E-state index is -0.757. The van der Waals surface area contributed by atoms with E-state index in [4.69, 9.17) is 4.74 Å². The molecule has 0 unspecified atom stereocenters. The van der Waals surface area contributed by atoms with E-state index in [9.17, 15) is 9.18 Å². The molecule has 0 atom stereocenters. The lowest BCUT2D eigenvalue weighted by atomic mass is 9.87. The van der Waals surface area contributed by atoms with Crippen LogP contribution in [0.2, 0.25) is 0 Å². The van der Waals surface area contributed by atoms with Crippen molar-refractivity contribution in [3.63, 3.8) is 0 Å². The van der Waals surface area contributed by atoms with Gasteiger partial charge in [0, 0.05) is 44.8 Å². The molecule has 7 heteroatoms. The molecule has 1 saturated heterocycles. The molecule has 1 aromatic carbocycles. The van der Waals surface area contributed by atoms with Crippen molar-refractivity contribution < 1.29 is 13.9 Å². The third-order valence-electron chi connectivity index (χ3n) is 6.66. The Morgan fingerprint density at radius 3 is 2.59 bits per heavy atom. The second-order valence-corrected chi connectivity index (χ2v) is 8.70. The number of methoxy groups -OCH3 is 1. The number of benzene rings is 1. The Morgan fingerprint density at radius 1 is 1.09 bits per heavy atom. The quantitative estimate of drug-likeness (QED) is 0.707. The van der Waals surface area contributed by atoms with E-state index >= 15 is 0 Å². The van der Waals surface area contributed by atoms with Crippen molar-refractivity contribution >= 4 is 17.4 Å². The van der Waals surface area contributed by atoms with Gasteiger partial charge in [0.1, 0.15) is 17.7 Å². The number of piperazine rings is 1. The van der Waals surface area contributed by atoms with Crippen LogP contribution in [0.4, 0.5) is 15.9 Å². The second kappa shape index (κ2) is 10.8. The van der Waals surface area contributed by atoms with E-state index in [1.165, 1.54) is 0 Å². The van der Waals surface area contributed by atoms with Crippen molar-refractivity contribution in [3.05, 3.63) is 48.2 Å². The number of nitrogens with zero attached hydrogens (tertiary/aromatic N) is 3. The molecule has 0 bridgehead atoms. The number of hydrogen-bond acceptors (Lipinski definition) is 5. The van der Waals surface area contributed by atoms with Gasteiger partial charge in [-0.3, -0.25) is 9.69 Å². The molecule has 2 heterocycles. The third kappa shape index (κ3) is 5.57. The van der Waals surface area contributed by atoms with Crippen molar-refractivity contribution in [2.75, 3.05) is 50.1 Å². The highest BCUT2D eigenvalue weighted by molar-refractivity contribution is 5.92. The summed E-state index contributed by atoms with van der Waals surface area (Å²) in [6.45, 7) is 4.78. The number of rotatable bonds is 7. The van der Waals surface area contributed by atoms with Gasteiger partial charge in [0.15, 0.2) is 0 Å². The number of nitrogens with one attached hydrogen (secondary N) is 1. The number of ether oxygens (including phenoxy) is 1. The van der Waals surface area contributed by atoms with E-state index in [-0.39, 0.29) is 11.8 Å². The molecular formula is C25H33FN4O2. The fraction of sp³-hybridized carbons (Fsp3) is 0.520. The van der Waals surface area contributed by atoms with Gasteiger partial charge in [0.25, 0.3) is 0 Å². The van der Waals surface area contributed by atoms with E-state index in [1.807, 2.05) is 30.3 Å². The molecule has 2 fully saturated rings. The van der Waals surface area contributed by atoms with Crippen LogP contribution < -0.4 is 15.0 Å². The zero-order valence-corrected chi connectivity index (χ0v) is 18.8. The number of carbonyl (C=O) groups is 1. The molecule has 0 radical (unpaired) electrons. The highest BCUT2D eigenvalue weighted by Crippen LogP contribution is 2.29. The smallest absolute Gasteiger partial charge is 0.228 e. The summed E-state index contributed by atoms with van der Waals surface area (Å²) in [5, 5.41) is 3.01. The number of halogens is 1. The predicted octanol–water partition coefficient (Wildman–Crippen LogP) is 3.92. The SMILES string of the molecule is COc1ccccc1N1CCN(CCc2cccnc2NC(=O)C2CCC(F)CC2)CC1. The summed E-state index contributed by atoms with van der Waals surface area (Å²) in [6, 6.07) is 12.1. The van der Waals surface area contributed by atoms with Crippen LogP contribution in [-0.4, -0.2) is 61.8 Å². The lowest BCUT2D eigenvalue weighted by Gasteiger charge is -2.36. The number of aromatic nitrogens is 1. The van der Waals surface area contributed by atoms with E-state index in [1.54, 1.807) is 13.3 Å². The molecular weight excluding hydrogens is 407 g/mol. The molecule has 1 aliphatic carbocycles. The summed E-state index contributed by atoms with van der Waals surface area (Å²) >= 11 is 0. The first-order valence-corrected chi connectivity index (χ1v) is 11.6. The summed E-state index contributed by atoms with van der Waals surface area (Å²) < 4.78 is 18.9. The maximum absolute atomic E-state index is 13.4. The lowest BCUT2D eigenvalue weighted by Crippen LogP contribution is -2.47. The van der Waals surface area contributed by atoms with Gasteiger partial charge in [-0.2, -0.15) is 0 Å². The van der Waals surface area contributed by atoms with Gasteiger partial charge >= 0.3 is 0 Å². The molecule has 0 spiro atoms. The summed E-state index contributed by atoms with van der Waals surface area (Å²) in [6.07, 6.45) is 3.98. The van der Waals surface area contributed by atoms with Crippen LogP contribution in [0.5, 0.6) is 5.75 Å². The fourth-order valence-electron chi connectivity index (χ4n) is 4.67. The summed E-state index contributed by atoms with van der Waals surface area (Å²) in [7, 11) is 1.71. The molecule has 32 heavy (non-hydrogen) atoms. The Morgan fingerprint density at radius 2 is 1.84 bits per heavy atom. The largest absolute Gasteiger partial charge is 0.495 e. The van der Waals surface area contributed by atoms with Gasteiger partial charge in [-0.05, 0) is 55.9 Å². The fourth-order valence-corrected chi connectivity index (χ4v) is 4.67. The molecule has 6 nitrogen and oxygen atoms in total. The zero-order chi connectivity index (χ0) is 22.3. The van der Waals surface area contributed by atoms with Gasteiger partial charge in [0.2, 0.25) is 5.91 Å². The highest BCUT2D eigenvalue weighted by atomic mass is 19.1. The molecule has 2 aromatic rings. The van der Waals surface area contributed by atoms with Crippen LogP contribution in [0.3, 0.4) is 0 Å². The van der Waals surface area contributed by atoms with Crippen LogP contribution in [0.25, 0.3) is 0 Å². The Labute approximate surface area is 189 Å². The number of carbonyl (C=O) groups excluding carboxylic acids is 1. The third-order valence-corrected chi connectivity index (χ3v) is 6.66. The van der Waals surface area contributed by atoms with Crippen molar-refractivity contribution in [3.8, 4) is 5.75 Å². The first kappa shape index (κ1) is 22.5. The van der Waals surface area contributed by atoms with Crippen LogP contribution in [0.15, 0.2) is 42.6 Å². The number of anilines is 2. The lowest BCUT2D eigenvalue weighted by molar-refractivity contribution is -0.121. The van der Waals surface area contributed by atoms with Crippen LogP contribution >= 0.6 is 0 Å². The van der Waals surface area contributed by atoms with Crippen LogP contribution in [0.1, 0.15) is 31.2 Å². The Bertz CT molecular complexity index is 893. The molecule has 1 saturated carbocycles. The summed E-state index contributed by atoms with van der Waals surface area (Å²) in [5.41, 5.74) is 2.20. The maximum Gasteiger partial charge on any atom is 0.228 e. The molecule has 2 aliphatic rings. The average Bonchev–Trinajstić information content (AvgIpc) is 2.84. The monoisotopic (exact) mass is 440 g/mol. The molecule has 1 N–H and O–H groups in total. The summed E-state index contributed by atoms with van der Waals surface area (Å²) in [4.78, 5) is 21.9. The molecule has 1 aliphatic heterocycles. The van der Waals surface area contributed by atoms with Gasteiger partial charge in [-0.25, -0.2) is 9.37 Å². The van der Waals surface area contributed by atoms with Crippen molar-refractivity contribution in [2.45, 2.75) is 38.3 Å². The van der Waals surface area contributed by atoms with E-state index in [0.717, 1.165) is 56.1 Å². The normalized spacial score (nSPS) is 21.9. The minimum absolute atomic E-state index is 0.0257. The number of hydrogen-bond donors (Lipinski definition) is 1. The number of alkyl halides is 1. The van der Waals surface area contributed by atoms with Crippen LogP contribution in [-0.2, 0) is 11.2 Å². The Kier molecular flexibility index (Phi) is 7.58. The zero-order valence-electron chi connectivity index (χ0n) is 18.8. The maximum atomic E-state index is 13.4. The number of pyridine rings is 1. The van der Waals surface area contributed by atoms with Gasteiger partial charge in [-0.15, -0.1) is 0 Å². The van der Waals surface area contributed by atoms with Gasteiger partial charge in [0.05, 0.1) is 12.8 Å². The van der Waals surface area contributed by atoms with E-state index < -0.39 is 6.17 Å². The van der Waals surface area contributed by atoms with Gasteiger partial charge < -0.3 is 15.0 Å². The standard InChI is InChI=1S/C25H33FN4O2/c1-32-23-7-3-2-6-22(23)30-17-15-29(16-18-30)14-12-19-5-4-13-27-24(19)28-25(31)20-8-10-21(26)11-9-20/h2-7,13,20-21H,8-12,14-18H2,1H3,(H,27,28,31). The summed E-state index contributed by atoms with van der Waals surface area (Å²) in [5.74, 6) is 1.42. The van der Waals surface area contributed by atoms with Crippen molar-refractivity contribution in [1.82, 2.24) is 9.88 Å². The first-order valence-electron chi connectivity index (χ1n) is 11.6. The Hall–Kier alpha value is -2.67. The van der Waals surface area contributed by atoms with E-state index in [2.05, 4.69) is 26.2 Å². The Balaban J connectivity index is 1.29. The van der Waals surface area contributed by atoms with Gasteiger partial charge in [-0.1, -0.05) is 18.2 Å².